The van der Waals surface area contributed by atoms with Crippen LogP contribution >= 0.6 is 11.8 Å². The highest BCUT2D eigenvalue weighted by Crippen LogP contribution is 2.20. The van der Waals surface area contributed by atoms with E-state index in [1.165, 1.54) is 4.90 Å². The van der Waals surface area contributed by atoms with Gasteiger partial charge in [-0.3, -0.25) is 4.57 Å². The Kier molecular flexibility index (Phi) is 9.87. The molecular weight excluding hydrogens is 352 g/mol. The van der Waals surface area contributed by atoms with E-state index in [-0.39, 0.29) is 6.61 Å². The summed E-state index contributed by atoms with van der Waals surface area (Å²) in [6.07, 6.45) is 1.06. The molecule has 2 rings (SSSR count). The van der Waals surface area contributed by atoms with Gasteiger partial charge in [0.2, 0.25) is 0 Å². The van der Waals surface area contributed by atoms with Crippen LogP contribution in [0.1, 0.15) is 25.2 Å². The van der Waals surface area contributed by atoms with E-state index in [2.05, 4.69) is 41.1 Å². The second-order valence-corrected chi connectivity index (χ2v) is 8.14. The van der Waals surface area contributed by atoms with Crippen LogP contribution in [0.2, 0.25) is 0 Å². The van der Waals surface area contributed by atoms with Crippen LogP contribution in [-0.2, 0) is 11.3 Å². The molecule has 1 aliphatic rings. The van der Waals surface area contributed by atoms with E-state index in [1.807, 2.05) is 0 Å². The lowest BCUT2D eigenvalue weighted by atomic mass is 10.2. The van der Waals surface area contributed by atoms with Gasteiger partial charge in [0.25, 0.3) is 0 Å². The zero-order valence-electron chi connectivity index (χ0n) is 16.5. The van der Waals surface area contributed by atoms with Crippen LogP contribution in [0, 0.1) is 0 Å². The van der Waals surface area contributed by atoms with E-state index in [9.17, 15) is 0 Å². The van der Waals surface area contributed by atoms with Gasteiger partial charge < -0.3 is 25.0 Å². The Morgan fingerprint density at radius 1 is 1.31 bits per heavy atom. The smallest absolute Gasteiger partial charge is 0.192 e. The Bertz CT molecular complexity index is 507. The normalized spacial score (nSPS) is 17.1. The summed E-state index contributed by atoms with van der Waals surface area (Å²) in [5.41, 5.74) is 0. The number of aliphatic hydroxyl groups excluding tert-OH is 1. The topological polar surface area (TPSA) is 85.7 Å². The molecule has 9 heteroatoms. The summed E-state index contributed by atoms with van der Waals surface area (Å²) in [6, 6.07) is 0.373. The maximum Gasteiger partial charge on any atom is 0.192 e. The minimum absolute atomic E-state index is 0.233. The molecule has 0 bridgehead atoms. The SMILES string of the molecule is CC[C@@H](c1nnc(SCC[NH2+]CCO)n1CC[NH+]1CCOCC1)[NH+](C)C. The molecule has 0 amide bonds. The lowest BCUT2D eigenvalue weighted by Crippen LogP contribution is -3.14. The number of morpholine rings is 1. The largest absolute Gasteiger partial charge is 0.391 e. The van der Waals surface area contributed by atoms with Crippen molar-refractivity contribution in [2.24, 2.45) is 0 Å². The summed E-state index contributed by atoms with van der Waals surface area (Å²) in [4.78, 5) is 3.00. The van der Waals surface area contributed by atoms with Gasteiger partial charge in [-0.2, -0.15) is 0 Å². The molecule has 1 aliphatic heterocycles. The summed E-state index contributed by atoms with van der Waals surface area (Å²) < 4.78 is 7.82. The van der Waals surface area contributed by atoms with Crippen molar-refractivity contribution in [3.63, 3.8) is 0 Å². The van der Waals surface area contributed by atoms with Gasteiger partial charge >= 0.3 is 0 Å². The Hall–Kier alpha value is -0.710. The van der Waals surface area contributed by atoms with Crippen molar-refractivity contribution < 1.29 is 25.0 Å². The van der Waals surface area contributed by atoms with Crippen LogP contribution in [-0.4, -0.2) is 92.3 Å². The molecule has 1 aromatic rings. The van der Waals surface area contributed by atoms with Crippen molar-refractivity contribution in [1.82, 2.24) is 14.8 Å². The molecule has 1 saturated heterocycles. The number of nitrogens with one attached hydrogen (secondary N) is 2. The summed E-state index contributed by atoms with van der Waals surface area (Å²) in [7, 11) is 4.38. The predicted molar refractivity (Wildman–Crippen MR) is 102 cm³/mol. The number of hydrogen-bond donors (Lipinski definition) is 4. The van der Waals surface area contributed by atoms with Crippen molar-refractivity contribution in [2.45, 2.75) is 31.1 Å². The minimum Gasteiger partial charge on any atom is -0.391 e. The first kappa shape index (κ1) is 21.6. The molecule has 2 heterocycles. The average molecular weight is 390 g/mol. The van der Waals surface area contributed by atoms with Crippen LogP contribution in [0.3, 0.4) is 0 Å². The van der Waals surface area contributed by atoms with Gasteiger partial charge in [-0.05, 0) is 0 Å². The third-order valence-corrected chi connectivity index (χ3v) is 5.94. The Morgan fingerprint density at radius 2 is 2.08 bits per heavy atom. The first-order valence-corrected chi connectivity index (χ1v) is 10.9. The zero-order chi connectivity index (χ0) is 18.8. The second kappa shape index (κ2) is 11.9. The van der Waals surface area contributed by atoms with Crippen molar-refractivity contribution in [2.75, 3.05) is 72.4 Å². The molecule has 150 valence electrons. The fourth-order valence-electron chi connectivity index (χ4n) is 3.37. The molecule has 0 radical (unpaired) electrons. The number of rotatable bonds is 12. The van der Waals surface area contributed by atoms with Crippen LogP contribution in [0.25, 0.3) is 0 Å². The summed E-state index contributed by atoms with van der Waals surface area (Å²) in [6.45, 7) is 10.2. The number of thioether (sulfide) groups is 1. The number of quaternary nitrogens is 3. The molecule has 0 aromatic carbocycles. The monoisotopic (exact) mass is 389 g/mol. The summed E-state index contributed by atoms with van der Waals surface area (Å²) in [5, 5.41) is 21.2. The van der Waals surface area contributed by atoms with Crippen molar-refractivity contribution in [1.29, 1.82) is 0 Å². The molecule has 8 nitrogen and oxygen atoms in total. The van der Waals surface area contributed by atoms with Gasteiger partial charge in [-0.15, -0.1) is 10.2 Å². The van der Waals surface area contributed by atoms with Crippen molar-refractivity contribution >= 4 is 11.8 Å². The van der Waals surface area contributed by atoms with Gasteiger partial charge in [0.15, 0.2) is 11.0 Å². The third kappa shape index (κ3) is 6.47. The molecule has 0 spiro atoms. The molecule has 1 atom stereocenters. The first-order valence-electron chi connectivity index (χ1n) is 9.87. The summed E-state index contributed by atoms with van der Waals surface area (Å²) in [5.74, 6) is 2.09. The zero-order valence-corrected chi connectivity index (χ0v) is 17.4. The second-order valence-electron chi connectivity index (χ2n) is 7.08. The van der Waals surface area contributed by atoms with E-state index in [0.717, 1.165) is 75.6 Å². The fraction of sp³-hybridized carbons (Fsp3) is 0.882. The molecule has 0 aliphatic carbocycles. The maximum atomic E-state index is 8.89. The van der Waals surface area contributed by atoms with E-state index < -0.39 is 0 Å². The van der Waals surface area contributed by atoms with E-state index in [4.69, 9.17) is 9.84 Å². The van der Waals surface area contributed by atoms with Crippen LogP contribution in [0.5, 0.6) is 0 Å². The van der Waals surface area contributed by atoms with Gasteiger partial charge in [-0.1, -0.05) is 18.7 Å². The van der Waals surface area contributed by atoms with E-state index in [0.29, 0.717) is 6.04 Å². The number of ether oxygens (including phenoxy) is 1. The standard InChI is InChI=1S/C17H34N6O2S/c1-4-15(21(2)3)16-19-20-17(26-14-6-18-5-11-24)23(16)8-7-22-9-12-25-13-10-22/h15,18,24H,4-14H2,1-3H3/p+3/t15-/m0/s1. The highest BCUT2D eigenvalue weighted by Gasteiger charge is 2.26. The van der Waals surface area contributed by atoms with Crippen LogP contribution < -0.4 is 15.1 Å². The highest BCUT2D eigenvalue weighted by atomic mass is 32.2. The van der Waals surface area contributed by atoms with Crippen molar-refractivity contribution in [3.8, 4) is 0 Å². The predicted octanol–water partition coefficient (Wildman–Crippen LogP) is -3.56. The first-order chi connectivity index (χ1) is 12.7. The molecule has 1 aromatic heterocycles. The third-order valence-electron chi connectivity index (χ3n) is 4.94. The molecule has 26 heavy (non-hydrogen) atoms. The highest BCUT2D eigenvalue weighted by molar-refractivity contribution is 7.99. The summed E-state index contributed by atoms with van der Waals surface area (Å²) >= 11 is 1.78. The molecule has 5 N–H and O–H groups in total. The Balaban J connectivity index is 2.03. The van der Waals surface area contributed by atoms with Crippen LogP contribution in [0.15, 0.2) is 5.16 Å². The molecule has 0 unspecified atom stereocenters. The van der Waals surface area contributed by atoms with Gasteiger partial charge in [-0.25, -0.2) is 0 Å². The number of nitrogens with two attached hydrogens (primary N) is 1. The van der Waals surface area contributed by atoms with Gasteiger partial charge in [0.05, 0.1) is 65.8 Å². The molecule has 0 saturated carbocycles. The lowest BCUT2D eigenvalue weighted by Gasteiger charge is -2.25. The fourth-order valence-corrected chi connectivity index (χ4v) is 4.28. The number of aliphatic hydroxyl groups is 1. The number of hydrogen-bond acceptors (Lipinski definition) is 5. The van der Waals surface area contributed by atoms with Crippen molar-refractivity contribution in [3.05, 3.63) is 5.82 Å². The van der Waals surface area contributed by atoms with Gasteiger partial charge in [0.1, 0.15) is 19.1 Å². The Labute approximate surface area is 161 Å². The van der Waals surface area contributed by atoms with E-state index in [1.54, 1.807) is 16.7 Å². The lowest BCUT2D eigenvalue weighted by molar-refractivity contribution is -0.908. The van der Waals surface area contributed by atoms with Crippen LogP contribution in [0.4, 0.5) is 0 Å². The molecule has 1 fully saturated rings. The van der Waals surface area contributed by atoms with Gasteiger partial charge in [0, 0.05) is 6.42 Å². The quantitative estimate of drug-likeness (QED) is 0.220. The maximum absolute atomic E-state index is 8.89. The number of nitrogens with zero attached hydrogens (tertiary/aromatic N) is 3. The average Bonchev–Trinajstić information content (AvgIpc) is 3.03. The Morgan fingerprint density at radius 3 is 2.73 bits per heavy atom. The molecular formula is C17H37N6O2S+3. The van der Waals surface area contributed by atoms with E-state index >= 15 is 0 Å². The minimum atomic E-state index is 0.233. The number of aromatic nitrogens is 3.